The van der Waals surface area contributed by atoms with Crippen LogP contribution in [0.25, 0.3) is 0 Å². The third-order valence-electron chi connectivity index (χ3n) is 4.86. The standard InChI is InChI=1S/C23H38O3/c1-3-4-5-6-7-8-9-10-11-12-13-14-18-22(23(24)25)26-21-17-15-16-20(2)19-21/h15-17,19,22H,3-14,18H2,1-2H3,(H,24,25). The molecule has 0 aliphatic carbocycles. The molecule has 1 unspecified atom stereocenters. The summed E-state index contributed by atoms with van der Waals surface area (Å²) < 4.78 is 5.66. The van der Waals surface area contributed by atoms with Crippen molar-refractivity contribution in [1.82, 2.24) is 0 Å². The zero-order valence-corrected chi connectivity index (χ0v) is 16.8. The van der Waals surface area contributed by atoms with E-state index in [1.165, 1.54) is 64.2 Å². The predicted octanol–water partition coefficient (Wildman–Crippen LogP) is 6.92. The maximum Gasteiger partial charge on any atom is 0.344 e. The highest BCUT2D eigenvalue weighted by Gasteiger charge is 2.18. The van der Waals surface area contributed by atoms with Gasteiger partial charge in [-0.05, 0) is 37.5 Å². The van der Waals surface area contributed by atoms with Gasteiger partial charge in [0.15, 0.2) is 6.10 Å². The molecule has 1 atom stereocenters. The van der Waals surface area contributed by atoms with Crippen molar-refractivity contribution < 1.29 is 14.6 Å². The molecule has 0 saturated heterocycles. The number of ether oxygens (including phenoxy) is 1. The van der Waals surface area contributed by atoms with Gasteiger partial charge in [-0.25, -0.2) is 4.79 Å². The lowest BCUT2D eigenvalue weighted by Crippen LogP contribution is -2.26. The van der Waals surface area contributed by atoms with Crippen molar-refractivity contribution in [2.45, 2.75) is 103 Å². The molecule has 0 bridgehead atoms. The molecule has 0 saturated carbocycles. The van der Waals surface area contributed by atoms with Crippen molar-refractivity contribution in [2.24, 2.45) is 0 Å². The Morgan fingerprint density at radius 2 is 1.46 bits per heavy atom. The zero-order valence-electron chi connectivity index (χ0n) is 16.8. The van der Waals surface area contributed by atoms with Crippen LogP contribution in [0.5, 0.6) is 5.75 Å². The Hall–Kier alpha value is -1.51. The van der Waals surface area contributed by atoms with E-state index in [0.717, 1.165) is 18.4 Å². The van der Waals surface area contributed by atoms with Crippen molar-refractivity contribution in [2.75, 3.05) is 0 Å². The lowest BCUT2D eigenvalue weighted by Gasteiger charge is -2.15. The second-order valence-corrected chi connectivity index (χ2v) is 7.44. The number of hydrogen-bond donors (Lipinski definition) is 1. The number of benzene rings is 1. The fraction of sp³-hybridized carbons (Fsp3) is 0.696. The van der Waals surface area contributed by atoms with Gasteiger partial charge in [-0.2, -0.15) is 0 Å². The van der Waals surface area contributed by atoms with Crippen molar-refractivity contribution in [3.05, 3.63) is 29.8 Å². The van der Waals surface area contributed by atoms with Gasteiger partial charge in [-0.15, -0.1) is 0 Å². The van der Waals surface area contributed by atoms with Crippen molar-refractivity contribution >= 4 is 5.97 Å². The summed E-state index contributed by atoms with van der Waals surface area (Å²) in [6.07, 6.45) is 15.2. The van der Waals surface area contributed by atoms with Gasteiger partial charge in [0.1, 0.15) is 5.75 Å². The first-order valence-corrected chi connectivity index (χ1v) is 10.6. The van der Waals surface area contributed by atoms with E-state index in [9.17, 15) is 9.90 Å². The van der Waals surface area contributed by atoms with Crippen LogP contribution < -0.4 is 4.74 Å². The van der Waals surface area contributed by atoms with E-state index in [4.69, 9.17) is 4.74 Å². The molecule has 1 rings (SSSR count). The molecule has 0 fully saturated rings. The Bertz CT molecular complexity index is 484. The maximum atomic E-state index is 11.4. The summed E-state index contributed by atoms with van der Waals surface area (Å²) in [6.45, 7) is 4.24. The number of unbranched alkanes of at least 4 members (excludes halogenated alkanes) is 11. The summed E-state index contributed by atoms with van der Waals surface area (Å²) >= 11 is 0. The molecule has 0 amide bonds. The summed E-state index contributed by atoms with van der Waals surface area (Å²) in [5.41, 5.74) is 1.08. The Labute approximate surface area is 160 Å². The Morgan fingerprint density at radius 1 is 0.923 bits per heavy atom. The molecule has 0 heterocycles. The largest absolute Gasteiger partial charge is 0.479 e. The van der Waals surface area contributed by atoms with Crippen LogP contribution in [0.3, 0.4) is 0 Å². The predicted molar refractivity (Wildman–Crippen MR) is 109 cm³/mol. The van der Waals surface area contributed by atoms with Gasteiger partial charge in [-0.1, -0.05) is 89.7 Å². The van der Waals surface area contributed by atoms with Crippen LogP contribution in [-0.4, -0.2) is 17.2 Å². The van der Waals surface area contributed by atoms with E-state index in [2.05, 4.69) is 6.92 Å². The molecule has 148 valence electrons. The van der Waals surface area contributed by atoms with Crippen molar-refractivity contribution in [3.63, 3.8) is 0 Å². The second-order valence-electron chi connectivity index (χ2n) is 7.44. The van der Waals surface area contributed by atoms with Crippen molar-refractivity contribution in [3.8, 4) is 5.75 Å². The third kappa shape index (κ3) is 11.2. The van der Waals surface area contributed by atoms with Gasteiger partial charge in [0.25, 0.3) is 0 Å². The maximum absolute atomic E-state index is 11.4. The summed E-state index contributed by atoms with van der Waals surface area (Å²) in [4.78, 5) is 11.4. The van der Waals surface area contributed by atoms with Crippen LogP contribution in [0, 0.1) is 6.92 Å². The lowest BCUT2D eigenvalue weighted by molar-refractivity contribution is -0.145. The van der Waals surface area contributed by atoms with Gasteiger partial charge in [0.05, 0.1) is 0 Å². The number of carboxylic acids is 1. The summed E-state index contributed by atoms with van der Waals surface area (Å²) in [7, 11) is 0. The first-order valence-electron chi connectivity index (χ1n) is 10.6. The molecule has 3 nitrogen and oxygen atoms in total. The Kier molecular flexibility index (Phi) is 12.7. The topological polar surface area (TPSA) is 46.5 Å². The van der Waals surface area contributed by atoms with Crippen molar-refractivity contribution in [1.29, 1.82) is 0 Å². The van der Waals surface area contributed by atoms with E-state index in [1.54, 1.807) is 0 Å². The zero-order chi connectivity index (χ0) is 19.0. The second kappa shape index (κ2) is 14.6. The number of aliphatic carboxylic acids is 1. The molecule has 1 N–H and O–H groups in total. The third-order valence-corrected chi connectivity index (χ3v) is 4.86. The molecule has 1 aromatic carbocycles. The molecule has 26 heavy (non-hydrogen) atoms. The van der Waals surface area contributed by atoms with Crippen LogP contribution >= 0.6 is 0 Å². The fourth-order valence-corrected chi connectivity index (χ4v) is 3.26. The van der Waals surface area contributed by atoms with Gasteiger partial charge >= 0.3 is 5.97 Å². The number of rotatable bonds is 16. The van der Waals surface area contributed by atoms with Crippen LogP contribution in [0.15, 0.2) is 24.3 Å². The van der Waals surface area contributed by atoms with Crippen LogP contribution in [-0.2, 0) is 4.79 Å². The normalized spacial score (nSPS) is 12.1. The molecule has 0 aromatic heterocycles. The number of hydrogen-bond acceptors (Lipinski definition) is 2. The smallest absolute Gasteiger partial charge is 0.344 e. The highest BCUT2D eigenvalue weighted by Crippen LogP contribution is 2.18. The minimum atomic E-state index is -0.866. The first-order chi connectivity index (χ1) is 12.6. The minimum Gasteiger partial charge on any atom is -0.479 e. The van der Waals surface area contributed by atoms with Gasteiger partial charge in [0, 0.05) is 0 Å². The number of aryl methyl sites for hydroxylation is 1. The van der Waals surface area contributed by atoms with E-state index in [-0.39, 0.29) is 0 Å². The summed E-state index contributed by atoms with van der Waals surface area (Å²) in [5.74, 6) is -0.217. The minimum absolute atomic E-state index is 0.584. The van der Waals surface area contributed by atoms with E-state index < -0.39 is 12.1 Å². The SMILES string of the molecule is CCCCCCCCCCCCCCC(Oc1cccc(C)c1)C(=O)O. The molecular weight excluding hydrogens is 324 g/mol. The van der Waals surface area contributed by atoms with Gasteiger partial charge < -0.3 is 9.84 Å². The quantitative estimate of drug-likeness (QED) is 0.325. The fourth-order valence-electron chi connectivity index (χ4n) is 3.26. The van der Waals surface area contributed by atoms with E-state index in [1.807, 2.05) is 31.2 Å². The number of carbonyl (C=O) groups is 1. The first kappa shape index (κ1) is 22.5. The number of carboxylic acid groups (broad SMARTS) is 1. The Morgan fingerprint density at radius 3 is 1.96 bits per heavy atom. The van der Waals surface area contributed by atoms with Gasteiger partial charge in [-0.3, -0.25) is 0 Å². The highest BCUT2D eigenvalue weighted by molar-refractivity contribution is 5.72. The molecule has 0 aliphatic rings. The molecule has 0 spiro atoms. The molecule has 0 radical (unpaired) electrons. The Balaban J connectivity index is 2.05. The van der Waals surface area contributed by atoms with Gasteiger partial charge in [0.2, 0.25) is 0 Å². The van der Waals surface area contributed by atoms with Crippen LogP contribution in [0.2, 0.25) is 0 Å². The molecule has 3 heteroatoms. The van der Waals surface area contributed by atoms with Crippen LogP contribution in [0.4, 0.5) is 0 Å². The summed E-state index contributed by atoms with van der Waals surface area (Å²) in [5, 5.41) is 9.36. The lowest BCUT2D eigenvalue weighted by atomic mass is 10.0. The average Bonchev–Trinajstić information content (AvgIpc) is 2.61. The molecular formula is C23H38O3. The average molecular weight is 363 g/mol. The summed E-state index contributed by atoms with van der Waals surface area (Å²) in [6, 6.07) is 7.59. The van der Waals surface area contributed by atoms with E-state index >= 15 is 0 Å². The monoisotopic (exact) mass is 362 g/mol. The van der Waals surface area contributed by atoms with E-state index in [0.29, 0.717) is 12.2 Å². The molecule has 1 aromatic rings. The molecule has 0 aliphatic heterocycles. The van der Waals surface area contributed by atoms with Crippen LogP contribution in [0.1, 0.15) is 96.0 Å². The highest BCUT2D eigenvalue weighted by atomic mass is 16.5.